The predicted molar refractivity (Wildman–Crippen MR) is 83.8 cm³/mol. The summed E-state index contributed by atoms with van der Waals surface area (Å²) < 4.78 is 1.22. The summed E-state index contributed by atoms with van der Waals surface area (Å²) in [5.74, 6) is 0.181. The third-order valence-electron chi connectivity index (χ3n) is 3.61. The molecule has 0 radical (unpaired) electrons. The molecule has 1 amide bonds. The molecular weight excluding hydrogens is 302 g/mol. The molecule has 1 aromatic carbocycles. The topological polar surface area (TPSA) is 64.0 Å². The molecule has 3 rings (SSSR count). The summed E-state index contributed by atoms with van der Waals surface area (Å²) >= 11 is 6.04. The molecule has 0 saturated heterocycles. The van der Waals surface area contributed by atoms with E-state index in [1.165, 1.54) is 10.7 Å². The number of halogens is 1. The van der Waals surface area contributed by atoms with Gasteiger partial charge in [0.2, 0.25) is 5.91 Å². The molecule has 1 aliphatic rings. The first-order chi connectivity index (χ1) is 10.6. The summed E-state index contributed by atoms with van der Waals surface area (Å²) in [6.07, 6.45) is 2.20. The van der Waals surface area contributed by atoms with Crippen molar-refractivity contribution in [1.29, 1.82) is 0 Å². The number of rotatable bonds is 5. The number of hydrogen-bond donors (Lipinski definition) is 1. The van der Waals surface area contributed by atoms with Crippen LogP contribution in [0.15, 0.2) is 41.2 Å². The standard InChI is InChI=1S/C16H16ClN3O2/c17-13-4-2-1-3-12(13)9-18-15(21)10-20-16(22)8-7-14(19-20)11-5-6-11/h1-4,7-8,11H,5-6,9-10H2,(H,18,21). The summed E-state index contributed by atoms with van der Waals surface area (Å²) in [5.41, 5.74) is 1.46. The molecule has 0 spiro atoms. The Balaban J connectivity index is 1.63. The molecule has 1 N–H and O–H groups in total. The Kier molecular flexibility index (Phi) is 4.24. The first kappa shape index (κ1) is 14.8. The molecule has 1 saturated carbocycles. The normalized spacial score (nSPS) is 13.9. The van der Waals surface area contributed by atoms with Crippen molar-refractivity contribution in [3.63, 3.8) is 0 Å². The van der Waals surface area contributed by atoms with Crippen molar-refractivity contribution in [3.05, 3.63) is 63.0 Å². The summed E-state index contributed by atoms with van der Waals surface area (Å²) in [7, 11) is 0. The third-order valence-corrected chi connectivity index (χ3v) is 3.98. The van der Waals surface area contributed by atoms with Gasteiger partial charge in [-0.25, -0.2) is 4.68 Å². The van der Waals surface area contributed by atoms with E-state index in [1.807, 2.05) is 18.2 Å². The molecule has 0 atom stereocenters. The number of carbonyl (C=O) groups excluding carboxylic acids is 1. The van der Waals surface area contributed by atoms with Crippen LogP contribution in [0.1, 0.15) is 30.0 Å². The zero-order chi connectivity index (χ0) is 15.5. The number of nitrogens with zero attached hydrogens (tertiary/aromatic N) is 2. The van der Waals surface area contributed by atoms with Crippen molar-refractivity contribution in [2.45, 2.75) is 31.8 Å². The fraction of sp³-hybridized carbons (Fsp3) is 0.312. The van der Waals surface area contributed by atoms with Crippen molar-refractivity contribution in [2.75, 3.05) is 0 Å². The van der Waals surface area contributed by atoms with Crippen LogP contribution in [-0.2, 0) is 17.9 Å². The van der Waals surface area contributed by atoms with E-state index < -0.39 is 0 Å². The quantitative estimate of drug-likeness (QED) is 0.918. The second-order valence-corrected chi connectivity index (χ2v) is 5.80. The predicted octanol–water partition coefficient (Wildman–Crippen LogP) is 2.09. The van der Waals surface area contributed by atoms with Gasteiger partial charge in [0.1, 0.15) is 6.54 Å². The summed E-state index contributed by atoms with van der Waals surface area (Å²) in [6, 6.07) is 10.5. The van der Waals surface area contributed by atoms with Gasteiger partial charge in [-0.15, -0.1) is 0 Å². The number of amides is 1. The first-order valence-electron chi connectivity index (χ1n) is 7.21. The van der Waals surface area contributed by atoms with Crippen LogP contribution in [0.2, 0.25) is 5.02 Å². The number of nitrogens with one attached hydrogen (secondary N) is 1. The molecule has 1 aromatic heterocycles. The average molecular weight is 318 g/mol. The molecule has 22 heavy (non-hydrogen) atoms. The van der Waals surface area contributed by atoms with Crippen molar-refractivity contribution < 1.29 is 4.79 Å². The smallest absolute Gasteiger partial charge is 0.267 e. The third kappa shape index (κ3) is 3.54. The lowest BCUT2D eigenvalue weighted by Gasteiger charge is -2.08. The molecule has 1 fully saturated rings. The molecule has 114 valence electrons. The molecular formula is C16H16ClN3O2. The molecule has 0 aliphatic heterocycles. The maximum Gasteiger partial charge on any atom is 0.267 e. The molecule has 6 heteroatoms. The highest BCUT2D eigenvalue weighted by atomic mass is 35.5. The lowest BCUT2D eigenvalue weighted by atomic mass is 10.2. The Hall–Kier alpha value is -2.14. The number of aromatic nitrogens is 2. The van der Waals surface area contributed by atoms with Gasteiger partial charge in [-0.1, -0.05) is 29.8 Å². The maximum absolute atomic E-state index is 12.0. The molecule has 1 aliphatic carbocycles. The molecule has 0 bridgehead atoms. The Labute approximate surface area is 132 Å². The van der Waals surface area contributed by atoms with Gasteiger partial charge in [-0.3, -0.25) is 9.59 Å². The lowest BCUT2D eigenvalue weighted by Crippen LogP contribution is -2.33. The maximum atomic E-state index is 12.0. The van der Waals surface area contributed by atoms with Gasteiger partial charge in [-0.05, 0) is 30.5 Å². The van der Waals surface area contributed by atoms with E-state index in [-0.39, 0.29) is 18.0 Å². The van der Waals surface area contributed by atoms with Crippen LogP contribution in [0.5, 0.6) is 0 Å². The van der Waals surface area contributed by atoms with Crippen molar-refractivity contribution >= 4 is 17.5 Å². The van der Waals surface area contributed by atoms with Crippen LogP contribution in [0.3, 0.4) is 0 Å². The van der Waals surface area contributed by atoms with E-state index in [1.54, 1.807) is 12.1 Å². The Morgan fingerprint density at radius 1 is 1.27 bits per heavy atom. The molecule has 1 heterocycles. The van der Waals surface area contributed by atoms with E-state index in [0.717, 1.165) is 24.1 Å². The van der Waals surface area contributed by atoms with Crippen LogP contribution in [0.4, 0.5) is 0 Å². The molecule has 0 unspecified atom stereocenters. The van der Waals surface area contributed by atoms with Gasteiger partial charge < -0.3 is 5.32 Å². The van der Waals surface area contributed by atoms with Crippen molar-refractivity contribution in [1.82, 2.24) is 15.1 Å². The number of hydrogen-bond acceptors (Lipinski definition) is 3. The summed E-state index contributed by atoms with van der Waals surface area (Å²) in [6.45, 7) is 0.249. The van der Waals surface area contributed by atoms with Crippen molar-refractivity contribution in [3.8, 4) is 0 Å². The second-order valence-electron chi connectivity index (χ2n) is 5.40. The summed E-state index contributed by atoms with van der Waals surface area (Å²) in [4.78, 5) is 23.8. The largest absolute Gasteiger partial charge is 0.350 e. The zero-order valence-corrected chi connectivity index (χ0v) is 12.7. The van der Waals surface area contributed by atoms with E-state index in [0.29, 0.717) is 17.5 Å². The minimum absolute atomic E-state index is 0.0795. The summed E-state index contributed by atoms with van der Waals surface area (Å²) in [5, 5.41) is 7.63. The van der Waals surface area contributed by atoms with E-state index >= 15 is 0 Å². The number of benzene rings is 1. The zero-order valence-electron chi connectivity index (χ0n) is 12.0. The second kappa shape index (κ2) is 6.32. The number of carbonyl (C=O) groups is 1. The van der Waals surface area contributed by atoms with Crippen molar-refractivity contribution in [2.24, 2.45) is 0 Å². The highest BCUT2D eigenvalue weighted by molar-refractivity contribution is 6.31. The minimum atomic E-state index is -0.266. The highest BCUT2D eigenvalue weighted by Gasteiger charge is 2.25. The van der Waals surface area contributed by atoms with E-state index in [4.69, 9.17) is 11.6 Å². The first-order valence-corrected chi connectivity index (χ1v) is 7.59. The van der Waals surface area contributed by atoms with Gasteiger partial charge in [0.05, 0.1) is 5.69 Å². The van der Waals surface area contributed by atoms with Crippen LogP contribution < -0.4 is 10.9 Å². The van der Waals surface area contributed by atoms with Crippen LogP contribution in [0.25, 0.3) is 0 Å². The van der Waals surface area contributed by atoms with Crippen LogP contribution >= 0.6 is 11.6 Å². The molecule has 2 aromatic rings. The van der Waals surface area contributed by atoms with E-state index in [2.05, 4.69) is 10.4 Å². The van der Waals surface area contributed by atoms with Gasteiger partial charge in [-0.2, -0.15) is 5.10 Å². The average Bonchev–Trinajstić information content (AvgIpc) is 3.33. The fourth-order valence-electron chi connectivity index (χ4n) is 2.20. The Morgan fingerprint density at radius 2 is 2.05 bits per heavy atom. The van der Waals surface area contributed by atoms with Crippen LogP contribution in [-0.4, -0.2) is 15.7 Å². The van der Waals surface area contributed by atoms with E-state index in [9.17, 15) is 9.59 Å². The van der Waals surface area contributed by atoms with Gasteiger partial charge >= 0.3 is 0 Å². The van der Waals surface area contributed by atoms with Gasteiger partial charge in [0, 0.05) is 23.6 Å². The van der Waals surface area contributed by atoms with Gasteiger partial charge in [0.25, 0.3) is 5.56 Å². The van der Waals surface area contributed by atoms with Crippen LogP contribution in [0, 0.1) is 0 Å². The molecule has 5 nitrogen and oxygen atoms in total. The monoisotopic (exact) mass is 317 g/mol. The Bertz CT molecular complexity index is 753. The highest BCUT2D eigenvalue weighted by Crippen LogP contribution is 2.38. The Morgan fingerprint density at radius 3 is 2.77 bits per heavy atom. The van der Waals surface area contributed by atoms with Gasteiger partial charge in [0.15, 0.2) is 0 Å². The SMILES string of the molecule is O=C(Cn1nc(C2CC2)ccc1=O)NCc1ccccc1Cl. The fourth-order valence-corrected chi connectivity index (χ4v) is 2.40. The lowest BCUT2D eigenvalue weighted by molar-refractivity contribution is -0.122. The minimum Gasteiger partial charge on any atom is -0.350 e.